The molecule has 1 aliphatic rings. The highest BCUT2D eigenvalue weighted by Gasteiger charge is 2.34. The Morgan fingerprint density at radius 3 is 2.68 bits per heavy atom. The predicted molar refractivity (Wildman–Crippen MR) is 109 cm³/mol. The second kappa shape index (κ2) is 8.48. The topological polar surface area (TPSA) is 96.7 Å². The summed E-state index contributed by atoms with van der Waals surface area (Å²) in [5.74, 6) is -0.404. The number of carbonyl (C=O) groups is 2. The number of nitrogens with one attached hydrogen (secondary N) is 1. The lowest BCUT2D eigenvalue weighted by atomic mass is 10.1. The Balaban J connectivity index is 1.77. The summed E-state index contributed by atoms with van der Waals surface area (Å²) in [6.07, 6.45) is 1.18. The van der Waals surface area contributed by atoms with Crippen LogP contribution in [0.5, 0.6) is 0 Å². The van der Waals surface area contributed by atoms with Gasteiger partial charge in [-0.25, -0.2) is 8.42 Å². The van der Waals surface area contributed by atoms with E-state index in [1.165, 1.54) is 6.07 Å². The van der Waals surface area contributed by atoms with E-state index in [4.69, 9.17) is 4.42 Å². The number of anilines is 1. The lowest BCUT2D eigenvalue weighted by Gasteiger charge is -2.28. The zero-order chi connectivity index (χ0) is 20.3. The molecule has 0 spiro atoms. The van der Waals surface area contributed by atoms with E-state index in [-0.39, 0.29) is 29.2 Å². The van der Waals surface area contributed by atoms with Crippen molar-refractivity contribution in [2.24, 2.45) is 0 Å². The van der Waals surface area contributed by atoms with Gasteiger partial charge in [0, 0.05) is 23.8 Å². The number of hydrogen-bond donors (Lipinski definition) is 1. The first-order valence-electron chi connectivity index (χ1n) is 8.97. The highest BCUT2D eigenvalue weighted by atomic mass is 79.9. The summed E-state index contributed by atoms with van der Waals surface area (Å²) < 4.78 is 29.3. The Morgan fingerprint density at radius 2 is 2.07 bits per heavy atom. The Morgan fingerprint density at radius 1 is 1.29 bits per heavy atom. The zero-order valence-corrected chi connectivity index (χ0v) is 17.8. The number of rotatable bonds is 6. The summed E-state index contributed by atoms with van der Waals surface area (Å²) in [6, 6.07) is 9.45. The number of benzene rings is 1. The van der Waals surface area contributed by atoms with Crippen LogP contribution in [0.25, 0.3) is 0 Å². The van der Waals surface area contributed by atoms with Crippen LogP contribution in [0.15, 0.2) is 45.5 Å². The molecule has 1 saturated heterocycles. The van der Waals surface area contributed by atoms with Crippen LogP contribution in [0, 0.1) is 0 Å². The average Bonchev–Trinajstić information content (AvgIpc) is 3.24. The molecule has 150 valence electrons. The van der Waals surface area contributed by atoms with Crippen molar-refractivity contribution in [1.29, 1.82) is 0 Å². The number of furan rings is 1. The lowest BCUT2D eigenvalue weighted by molar-refractivity contribution is 0.0697. The summed E-state index contributed by atoms with van der Waals surface area (Å²) in [6.45, 7) is 2.43. The summed E-state index contributed by atoms with van der Waals surface area (Å²) in [7, 11) is -3.09. The van der Waals surface area contributed by atoms with E-state index in [1.807, 2.05) is 6.92 Å². The molecule has 1 fully saturated rings. The summed E-state index contributed by atoms with van der Waals surface area (Å²) >= 11 is 3.15. The van der Waals surface area contributed by atoms with Crippen LogP contribution in [0.1, 0.15) is 40.7 Å². The van der Waals surface area contributed by atoms with Gasteiger partial charge in [0.15, 0.2) is 20.3 Å². The average molecular weight is 469 g/mol. The Bertz CT molecular complexity index is 986. The maximum Gasteiger partial charge on any atom is 0.291 e. The predicted octanol–water partition coefficient (Wildman–Crippen LogP) is 3.33. The van der Waals surface area contributed by atoms with Crippen LogP contribution in [0.3, 0.4) is 0 Å². The van der Waals surface area contributed by atoms with Gasteiger partial charge < -0.3 is 14.6 Å². The molecule has 1 aromatic carbocycles. The fourth-order valence-corrected chi connectivity index (χ4v) is 5.27. The first-order valence-corrected chi connectivity index (χ1v) is 11.6. The van der Waals surface area contributed by atoms with E-state index in [0.29, 0.717) is 28.9 Å². The summed E-state index contributed by atoms with van der Waals surface area (Å²) in [5.41, 5.74) is 0.857. The first-order chi connectivity index (χ1) is 13.3. The Kier molecular flexibility index (Phi) is 6.24. The van der Waals surface area contributed by atoms with E-state index < -0.39 is 15.7 Å². The maximum atomic E-state index is 13.0. The first kappa shape index (κ1) is 20.6. The lowest BCUT2D eigenvalue weighted by Crippen LogP contribution is -2.41. The number of carbonyl (C=O) groups excluding carboxylic acids is 2. The molecule has 1 N–H and O–H groups in total. The maximum absolute atomic E-state index is 13.0. The molecule has 2 heterocycles. The van der Waals surface area contributed by atoms with Gasteiger partial charge >= 0.3 is 0 Å². The van der Waals surface area contributed by atoms with Gasteiger partial charge in [0.2, 0.25) is 0 Å². The molecule has 0 aliphatic carbocycles. The van der Waals surface area contributed by atoms with Crippen LogP contribution in [0.2, 0.25) is 0 Å². The van der Waals surface area contributed by atoms with E-state index in [9.17, 15) is 18.0 Å². The van der Waals surface area contributed by atoms with E-state index in [1.54, 1.807) is 35.2 Å². The normalized spacial score (nSPS) is 18.0. The van der Waals surface area contributed by atoms with Crippen molar-refractivity contribution in [2.45, 2.75) is 25.8 Å². The molecule has 9 heteroatoms. The number of sulfone groups is 1. The Labute approximate surface area is 172 Å². The molecular weight excluding hydrogens is 448 g/mol. The van der Waals surface area contributed by atoms with E-state index >= 15 is 0 Å². The molecule has 28 heavy (non-hydrogen) atoms. The minimum atomic E-state index is -3.09. The zero-order valence-electron chi connectivity index (χ0n) is 15.4. The van der Waals surface area contributed by atoms with Crippen molar-refractivity contribution in [1.82, 2.24) is 4.90 Å². The van der Waals surface area contributed by atoms with Crippen molar-refractivity contribution in [3.63, 3.8) is 0 Å². The third kappa shape index (κ3) is 4.82. The number of nitrogens with zero attached hydrogens (tertiary/aromatic N) is 1. The molecule has 1 aliphatic heterocycles. The van der Waals surface area contributed by atoms with Crippen LogP contribution < -0.4 is 5.32 Å². The Hall–Kier alpha value is -2.13. The minimum Gasteiger partial charge on any atom is -0.444 e. The molecule has 3 rings (SSSR count). The van der Waals surface area contributed by atoms with Crippen molar-refractivity contribution in [3.8, 4) is 0 Å². The highest BCUT2D eigenvalue weighted by molar-refractivity contribution is 9.10. The van der Waals surface area contributed by atoms with Crippen molar-refractivity contribution >= 4 is 43.3 Å². The molecule has 1 aromatic heterocycles. The van der Waals surface area contributed by atoms with Gasteiger partial charge in [-0.2, -0.15) is 0 Å². The number of hydrogen-bond acceptors (Lipinski definition) is 5. The SMILES string of the molecule is CCCN(C(=O)c1cccc(NC(=O)c2ccc(Br)o2)c1)C1CCS(=O)(=O)C1. The van der Waals surface area contributed by atoms with Gasteiger partial charge in [0.25, 0.3) is 11.8 Å². The van der Waals surface area contributed by atoms with Crippen molar-refractivity contribution < 1.29 is 22.4 Å². The van der Waals surface area contributed by atoms with Crippen LogP contribution in [-0.4, -0.2) is 49.2 Å². The second-order valence-corrected chi connectivity index (χ2v) is 9.70. The van der Waals surface area contributed by atoms with E-state index in [0.717, 1.165) is 6.42 Å². The van der Waals surface area contributed by atoms with Gasteiger partial charge in [-0.05, 0) is 59.1 Å². The van der Waals surface area contributed by atoms with Gasteiger partial charge in [-0.3, -0.25) is 9.59 Å². The highest BCUT2D eigenvalue weighted by Crippen LogP contribution is 2.22. The minimum absolute atomic E-state index is 0.00252. The quantitative estimate of drug-likeness (QED) is 0.700. The number of halogens is 1. The largest absolute Gasteiger partial charge is 0.444 e. The van der Waals surface area contributed by atoms with Crippen LogP contribution in [-0.2, 0) is 9.84 Å². The molecule has 1 atom stereocenters. The van der Waals surface area contributed by atoms with E-state index in [2.05, 4.69) is 21.2 Å². The summed E-state index contributed by atoms with van der Waals surface area (Å²) in [5, 5.41) is 2.70. The fraction of sp³-hybridized carbons (Fsp3) is 0.368. The summed E-state index contributed by atoms with van der Waals surface area (Å²) in [4.78, 5) is 26.9. The molecule has 0 radical (unpaired) electrons. The van der Waals surface area contributed by atoms with Gasteiger partial charge in [-0.15, -0.1) is 0 Å². The van der Waals surface area contributed by atoms with Crippen molar-refractivity contribution in [2.75, 3.05) is 23.4 Å². The standard InChI is InChI=1S/C19H21BrN2O5S/c1-2-9-22(15-8-10-28(25,26)12-15)19(24)13-4-3-5-14(11-13)21-18(23)16-6-7-17(20)27-16/h3-7,11,15H,2,8-10,12H2,1H3,(H,21,23). The molecule has 2 aromatic rings. The van der Waals surface area contributed by atoms with Crippen molar-refractivity contribution in [3.05, 3.63) is 52.4 Å². The van der Waals surface area contributed by atoms with Gasteiger partial charge in [0.05, 0.1) is 11.5 Å². The van der Waals surface area contributed by atoms with Gasteiger partial charge in [-0.1, -0.05) is 13.0 Å². The number of amides is 2. The molecule has 1 unspecified atom stereocenters. The second-order valence-electron chi connectivity index (χ2n) is 6.69. The van der Waals surface area contributed by atoms with Crippen LogP contribution >= 0.6 is 15.9 Å². The molecule has 7 nitrogen and oxygen atoms in total. The third-order valence-electron chi connectivity index (χ3n) is 4.54. The third-order valence-corrected chi connectivity index (χ3v) is 6.72. The van der Waals surface area contributed by atoms with Gasteiger partial charge in [0.1, 0.15) is 0 Å². The molecule has 0 bridgehead atoms. The smallest absolute Gasteiger partial charge is 0.291 e. The van der Waals surface area contributed by atoms with Crippen LogP contribution in [0.4, 0.5) is 5.69 Å². The molecule has 0 saturated carbocycles. The fourth-order valence-electron chi connectivity index (χ4n) is 3.24. The molecule has 2 amide bonds. The monoisotopic (exact) mass is 468 g/mol. The molecular formula is C19H21BrN2O5S.